The molecule has 0 atom stereocenters. The first-order valence-corrected chi connectivity index (χ1v) is 3.81. The number of anilines is 1. The first-order chi connectivity index (χ1) is 6.43. The SMILES string of the molecule is CC(=O)c1cc(N)cc(C(F)F)c1F. The summed E-state index contributed by atoms with van der Waals surface area (Å²) in [4.78, 5) is 10.9. The number of alkyl halides is 2. The second-order valence-corrected chi connectivity index (χ2v) is 2.83. The molecule has 0 amide bonds. The molecule has 5 heteroatoms. The highest BCUT2D eigenvalue weighted by Crippen LogP contribution is 2.27. The maximum absolute atomic E-state index is 13.2. The van der Waals surface area contributed by atoms with Crippen LogP contribution in [-0.4, -0.2) is 5.78 Å². The predicted octanol–water partition coefficient (Wildman–Crippen LogP) is 2.55. The molecule has 1 aromatic carbocycles. The molecule has 0 aliphatic rings. The normalized spacial score (nSPS) is 10.6. The van der Waals surface area contributed by atoms with Gasteiger partial charge in [-0.05, 0) is 19.1 Å². The van der Waals surface area contributed by atoms with Crippen LogP contribution in [0.2, 0.25) is 0 Å². The average molecular weight is 203 g/mol. The first kappa shape index (κ1) is 10.6. The van der Waals surface area contributed by atoms with Gasteiger partial charge in [0.05, 0.1) is 11.1 Å². The summed E-state index contributed by atoms with van der Waals surface area (Å²) < 4.78 is 37.7. The summed E-state index contributed by atoms with van der Waals surface area (Å²) in [6.07, 6.45) is -2.98. The zero-order valence-electron chi connectivity index (χ0n) is 7.35. The Morgan fingerprint density at radius 1 is 1.43 bits per heavy atom. The maximum atomic E-state index is 13.2. The fraction of sp³-hybridized carbons (Fsp3) is 0.222. The quantitative estimate of drug-likeness (QED) is 0.592. The number of halogens is 3. The Labute approximate surface area is 78.5 Å². The smallest absolute Gasteiger partial charge is 0.266 e. The molecule has 0 fully saturated rings. The van der Waals surface area contributed by atoms with Gasteiger partial charge >= 0.3 is 0 Å². The van der Waals surface area contributed by atoms with Gasteiger partial charge in [-0.1, -0.05) is 0 Å². The highest BCUT2D eigenvalue weighted by atomic mass is 19.3. The fourth-order valence-electron chi connectivity index (χ4n) is 1.09. The van der Waals surface area contributed by atoms with Crippen LogP contribution in [0.4, 0.5) is 18.9 Å². The van der Waals surface area contributed by atoms with Gasteiger partial charge in [-0.2, -0.15) is 0 Å². The van der Waals surface area contributed by atoms with Crippen LogP contribution in [0.3, 0.4) is 0 Å². The van der Waals surface area contributed by atoms with Crippen molar-refractivity contribution >= 4 is 11.5 Å². The van der Waals surface area contributed by atoms with Crippen molar-refractivity contribution < 1.29 is 18.0 Å². The van der Waals surface area contributed by atoms with Crippen molar-refractivity contribution in [2.75, 3.05) is 5.73 Å². The van der Waals surface area contributed by atoms with Gasteiger partial charge in [0, 0.05) is 5.69 Å². The molecule has 0 aromatic heterocycles. The number of hydrogen-bond donors (Lipinski definition) is 1. The number of ketones is 1. The number of nitrogen functional groups attached to an aromatic ring is 1. The summed E-state index contributed by atoms with van der Waals surface area (Å²) >= 11 is 0. The Morgan fingerprint density at radius 2 is 2.00 bits per heavy atom. The molecule has 0 heterocycles. The Hall–Kier alpha value is -1.52. The zero-order chi connectivity index (χ0) is 10.9. The molecule has 0 aliphatic carbocycles. The number of benzene rings is 1. The number of rotatable bonds is 2. The van der Waals surface area contributed by atoms with Gasteiger partial charge in [0.15, 0.2) is 5.78 Å². The van der Waals surface area contributed by atoms with E-state index in [4.69, 9.17) is 5.73 Å². The minimum absolute atomic E-state index is 0.0492. The van der Waals surface area contributed by atoms with Crippen LogP contribution in [0.5, 0.6) is 0 Å². The summed E-state index contributed by atoms with van der Waals surface area (Å²) in [7, 11) is 0. The van der Waals surface area contributed by atoms with E-state index in [9.17, 15) is 18.0 Å². The fourth-order valence-corrected chi connectivity index (χ4v) is 1.09. The maximum Gasteiger partial charge on any atom is 0.266 e. The summed E-state index contributed by atoms with van der Waals surface area (Å²) in [5, 5.41) is 0. The molecule has 0 bridgehead atoms. The van der Waals surface area contributed by atoms with Crippen molar-refractivity contribution in [3.8, 4) is 0 Å². The average Bonchev–Trinajstić information content (AvgIpc) is 2.07. The number of carbonyl (C=O) groups excluding carboxylic acids is 1. The molecular weight excluding hydrogens is 195 g/mol. The van der Waals surface area contributed by atoms with Crippen molar-refractivity contribution in [2.24, 2.45) is 0 Å². The lowest BCUT2D eigenvalue weighted by atomic mass is 10.1. The van der Waals surface area contributed by atoms with Crippen LogP contribution >= 0.6 is 0 Å². The second kappa shape index (κ2) is 3.69. The van der Waals surface area contributed by atoms with E-state index in [2.05, 4.69) is 0 Å². The van der Waals surface area contributed by atoms with E-state index >= 15 is 0 Å². The Balaban J connectivity index is 3.40. The minimum atomic E-state index is -2.98. The molecule has 76 valence electrons. The zero-order valence-corrected chi connectivity index (χ0v) is 7.35. The van der Waals surface area contributed by atoms with Gasteiger partial charge in [0.25, 0.3) is 6.43 Å². The van der Waals surface area contributed by atoms with E-state index in [1.807, 2.05) is 0 Å². The van der Waals surface area contributed by atoms with E-state index in [-0.39, 0.29) is 5.69 Å². The van der Waals surface area contributed by atoms with Gasteiger partial charge in [-0.25, -0.2) is 13.2 Å². The molecule has 2 nitrogen and oxygen atoms in total. The van der Waals surface area contributed by atoms with Gasteiger partial charge in [-0.15, -0.1) is 0 Å². The van der Waals surface area contributed by atoms with E-state index in [1.54, 1.807) is 0 Å². The van der Waals surface area contributed by atoms with Gasteiger partial charge in [0.1, 0.15) is 5.82 Å². The lowest BCUT2D eigenvalue weighted by Crippen LogP contribution is -2.04. The molecule has 2 N–H and O–H groups in total. The molecule has 0 aliphatic heterocycles. The summed E-state index contributed by atoms with van der Waals surface area (Å²) in [5.41, 5.74) is 3.96. The van der Waals surface area contributed by atoms with E-state index in [0.717, 1.165) is 19.1 Å². The van der Waals surface area contributed by atoms with Crippen molar-refractivity contribution in [3.63, 3.8) is 0 Å². The first-order valence-electron chi connectivity index (χ1n) is 3.81. The molecule has 0 unspecified atom stereocenters. The topological polar surface area (TPSA) is 43.1 Å². The van der Waals surface area contributed by atoms with E-state index < -0.39 is 29.2 Å². The van der Waals surface area contributed by atoms with Crippen LogP contribution in [0.25, 0.3) is 0 Å². The molecule has 1 rings (SSSR count). The molecule has 1 aromatic rings. The van der Waals surface area contributed by atoms with Crippen LogP contribution in [0.1, 0.15) is 29.3 Å². The lowest BCUT2D eigenvalue weighted by Gasteiger charge is -2.06. The third kappa shape index (κ3) is 1.86. The number of nitrogens with two attached hydrogens (primary N) is 1. The molecule has 0 saturated heterocycles. The molecule has 14 heavy (non-hydrogen) atoms. The number of carbonyl (C=O) groups is 1. The standard InChI is InChI=1S/C9H8F3NO/c1-4(14)6-2-5(13)3-7(8(6)10)9(11)12/h2-3,9H,13H2,1H3. The predicted molar refractivity (Wildman–Crippen MR) is 45.8 cm³/mol. The van der Waals surface area contributed by atoms with Gasteiger partial charge in [0.2, 0.25) is 0 Å². The van der Waals surface area contributed by atoms with Crippen LogP contribution < -0.4 is 5.73 Å². The van der Waals surface area contributed by atoms with Gasteiger partial charge in [-0.3, -0.25) is 4.79 Å². The molecule has 0 radical (unpaired) electrons. The lowest BCUT2D eigenvalue weighted by molar-refractivity contribution is 0.101. The highest BCUT2D eigenvalue weighted by molar-refractivity contribution is 5.95. The molecule has 0 spiro atoms. The Kier molecular flexibility index (Phi) is 2.78. The Morgan fingerprint density at radius 3 is 2.43 bits per heavy atom. The van der Waals surface area contributed by atoms with Crippen LogP contribution in [-0.2, 0) is 0 Å². The second-order valence-electron chi connectivity index (χ2n) is 2.83. The van der Waals surface area contributed by atoms with Crippen LogP contribution in [0.15, 0.2) is 12.1 Å². The number of Topliss-reactive ketones (excluding diaryl/α,β-unsaturated/α-hetero) is 1. The van der Waals surface area contributed by atoms with E-state index in [0.29, 0.717) is 0 Å². The molecular formula is C9H8F3NO. The monoisotopic (exact) mass is 203 g/mol. The largest absolute Gasteiger partial charge is 0.399 e. The summed E-state index contributed by atoms with van der Waals surface area (Å²) in [6, 6.07) is 1.87. The van der Waals surface area contributed by atoms with Crippen molar-refractivity contribution in [1.29, 1.82) is 0 Å². The van der Waals surface area contributed by atoms with Crippen LogP contribution in [0, 0.1) is 5.82 Å². The highest BCUT2D eigenvalue weighted by Gasteiger charge is 2.19. The van der Waals surface area contributed by atoms with Crippen molar-refractivity contribution in [3.05, 3.63) is 29.1 Å². The molecule has 0 saturated carbocycles. The minimum Gasteiger partial charge on any atom is -0.399 e. The third-order valence-corrected chi connectivity index (χ3v) is 1.74. The van der Waals surface area contributed by atoms with Crippen molar-refractivity contribution in [1.82, 2.24) is 0 Å². The Bertz CT molecular complexity index is 377. The van der Waals surface area contributed by atoms with E-state index in [1.165, 1.54) is 0 Å². The summed E-state index contributed by atoms with van der Waals surface area (Å²) in [6.45, 7) is 1.09. The number of hydrogen-bond acceptors (Lipinski definition) is 2. The van der Waals surface area contributed by atoms with Gasteiger partial charge < -0.3 is 5.73 Å². The summed E-state index contributed by atoms with van der Waals surface area (Å²) in [5.74, 6) is -1.82. The van der Waals surface area contributed by atoms with Crippen molar-refractivity contribution in [2.45, 2.75) is 13.3 Å². The third-order valence-electron chi connectivity index (χ3n) is 1.74.